The van der Waals surface area contributed by atoms with Gasteiger partial charge in [0.1, 0.15) is 11.6 Å². The minimum absolute atomic E-state index is 0.775. The summed E-state index contributed by atoms with van der Waals surface area (Å²) in [4.78, 5) is 2.58. The van der Waals surface area contributed by atoms with Crippen LogP contribution in [0.3, 0.4) is 0 Å². The zero-order valence-corrected chi connectivity index (χ0v) is 11.4. The standard InChI is InChI=1S/C14H24N4/c1-12-5-10-18-13(15-16-14(18)11-12)6-9-17-7-3-2-4-8-17/h12H,2-11H2,1H3. The molecule has 0 bridgehead atoms. The molecular weight excluding hydrogens is 224 g/mol. The number of hydrogen-bond donors (Lipinski definition) is 0. The highest BCUT2D eigenvalue weighted by molar-refractivity contribution is 5.00. The second kappa shape index (κ2) is 5.39. The Morgan fingerprint density at radius 1 is 1.11 bits per heavy atom. The van der Waals surface area contributed by atoms with Crippen molar-refractivity contribution in [1.29, 1.82) is 0 Å². The zero-order chi connectivity index (χ0) is 12.4. The van der Waals surface area contributed by atoms with Gasteiger partial charge in [-0.2, -0.15) is 0 Å². The Morgan fingerprint density at radius 3 is 2.78 bits per heavy atom. The first-order chi connectivity index (χ1) is 8.83. The molecule has 1 aromatic rings. The molecule has 1 aromatic heterocycles. The van der Waals surface area contributed by atoms with Crippen LogP contribution in [0.15, 0.2) is 0 Å². The molecule has 18 heavy (non-hydrogen) atoms. The summed E-state index contributed by atoms with van der Waals surface area (Å²) in [5.41, 5.74) is 0. The second-order valence-corrected chi connectivity index (χ2v) is 5.93. The van der Waals surface area contributed by atoms with Crippen LogP contribution >= 0.6 is 0 Å². The molecule has 0 amide bonds. The van der Waals surface area contributed by atoms with E-state index in [1.807, 2.05) is 0 Å². The molecule has 1 fully saturated rings. The van der Waals surface area contributed by atoms with Crippen LogP contribution in [0, 0.1) is 5.92 Å². The Labute approximate surface area is 109 Å². The van der Waals surface area contributed by atoms with Gasteiger partial charge in [0.05, 0.1) is 0 Å². The Balaban J connectivity index is 1.59. The van der Waals surface area contributed by atoms with Crippen LogP contribution in [0.25, 0.3) is 0 Å². The van der Waals surface area contributed by atoms with E-state index in [0.717, 1.165) is 31.8 Å². The molecule has 4 nitrogen and oxygen atoms in total. The van der Waals surface area contributed by atoms with Crippen LogP contribution in [-0.2, 0) is 19.4 Å². The van der Waals surface area contributed by atoms with Gasteiger partial charge in [-0.1, -0.05) is 13.3 Å². The van der Waals surface area contributed by atoms with Crippen molar-refractivity contribution < 1.29 is 0 Å². The van der Waals surface area contributed by atoms with E-state index in [4.69, 9.17) is 0 Å². The van der Waals surface area contributed by atoms with E-state index < -0.39 is 0 Å². The van der Waals surface area contributed by atoms with Gasteiger partial charge in [0.15, 0.2) is 0 Å². The number of aromatic nitrogens is 3. The third kappa shape index (κ3) is 2.58. The monoisotopic (exact) mass is 248 g/mol. The predicted molar refractivity (Wildman–Crippen MR) is 71.5 cm³/mol. The fourth-order valence-electron chi connectivity index (χ4n) is 3.17. The maximum absolute atomic E-state index is 4.40. The predicted octanol–water partition coefficient (Wildman–Crippen LogP) is 1.89. The Morgan fingerprint density at radius 2 is 1.94 bits per heavy atom. The molecule has 0 radical (unpaired) electrons. The summed E-state index contributed by atoms with van der Waals surface area (Å²) in [6.45, 7) is 7.15. The molecule has 3 heterocycles. The quantitative estimate of drug-likeness (QED) is 0.819. The average molecular weight is 248 g/mol. The van der Waals surface area contributed by atoms with Gasteiger partial charge in [0, 0.05) is 25.9 Å². The van der Waals surface area contributed by atoms with Crippen molar-refractivity contribution >= 4 is 0 Å². The topological polar surface area (TPSA) is 34.0 Å². The van der Waals surface area contributed by atoms with E-state index in [1.54, 1.807) is 0 Å². The van der Waals surface area contributed by atoms with E-state index >= 15 is 0 Å². The van der Waals surface area contributed by atoms with Gasteiger partial charge < -0.3 is 9.47 Å². The number of nitrogens with zero attached hydrogens (tertiary/aromatic N) is 4. The highest BCUT2D eigenvalue weighted by Crippen LogP contribution is 2.20. The summed E-state index contributed by atoms with van der Waals surface area (Å²) in [6.07, 6.45) is 7.61. The van der Waals surface area contributed by atoms with Crippen molar-refractivity contribution in [3.8, 4) is 0 Å². The molecule has 0 spiro atoms. The van der Waals surface area contributed by atoms with Crippen LogP contribution in [0.4, 0.5) is 0 Å². The molecule has 1 unspecified atom stereocenters. The molecule has 2 aliphatic heterocycles. The van der Waals surface area contributed by atoms with Gasteiger partial charge in [-0.3, -0.25) is 0 Å². The molecule has 100 valence electrons. The summed E-state index contributed by atoms with van der Waals surface area (Å²) in [5.74, 6) is 3.20. The van der Waals surface area contributed by atoms with Crippen LogP contribution in [-0.4, -0.2) is 39.3 Å². The van der Waals surface area contributed by atoms with E-state index in [1.165, 1.54) is 50.4 Å². The Bertz CT molecular complexity index is 392. The Hall–Kier alpha value is -0.900. The van der Waals surface area contributed by atoms with Crippen LogP contribution in [0.5, 0.6) is 0 Å². The summed E-state index contributed by atoms with van der Waals surface area (Å²) in [7, 11) is 0. The average Bonchev–Trinajstić information content (AvgIpc) is 2.80. The lowest BCUT2D eigenvalue weighted by atomic mass is 10.0. The van der Waals surface area contributed by atoms with Crippen molar-refractivity contribution in [3.63, 3.8) is 0 Å². The van der Waals surface area contributed by atoms with Crippen molar-refractivity contribution in [3.05, 3.63) is 11.6 Å². The van der Waals surface area contributed by atoms with Gasteiger partial charge in [0.25, 0.3) is 0 Å². The van der Waals surface area contributed by atoms with Crippen molar-refractivity contribution in [2.24, 2.45) is 5.92 Å². The fraction of sp³-hybridized carbons (Fsp3) is 0.857. The molecule has 1 saturated heterocycles. The third-order valence-electron chi connectivity index (χ3n) is 4.38. The first-order valence-electron chi connectivity index (χ1n) is 7.46. The van der Waals surface area contributed by atoms with E-state index in [-0.39, 0.29) is 0 Å². The van der Waals surface area contributed by atoms with Crippen LogP contribution in [0.1, 0.15) is 44.3 Å². The Kier molecular flexibility index (Phi) is 3.64. The molecule has 1 atom stereocenters. The lowest BCUT2D eigenvalue weighted by Crippen LogP contribution is -2.32. The largest absolute Gasteiger partial charge is 0.315 e. The summed E-state index contributed by atoms with van der Waals surface area (Å²) >= 11 is 0. The number of fused-ring (bicyclic) bond motifs is 1. The van der Waals surface area contributed by atoms with Gasteiger partial charge in [0.2, 0.25) is 0 Å². The molecule has 0 N–H and O–H groups in total. The fourth-order valence-corrected chi connectivity index (χ4v) is 3.17. The maximum atomic E-state index is 4.40. The minimum atomic E-state index is 0.775. The summed E-state index contributed by atoms with van der Waals surface area (Å²) in [6, 6.07) is 0. The van der Waals surface area contributed by atoms with Crippen molar-refractivity contribution in [2.45, 2.75) is 52.0 Å². The molecule has 0 aromatic carbocycles. The van der Waals surface area contributed by atoms with Gasteiger partial charge in [-0.05, 0) is 38.3 Å². The number of likely N-dealkylation sites (tertiary alicyclic amines) is 1. The first-order valence-corrected chi connectivity index (χ1v) is 7.46. The van der Waals surface area contributed by atoms with Crippen molar-refractivity contribution in [2.75, 3.05) is 19.6 Å². The molecule has 4 heteroatoms. The molecule has 3 rings (SSSR count). The molecule has 2 aliphatic rings. The molecule has 0 saturated carbocycles. The van der Waals surface area contributed by atoms with Crippen LogP contribution < -0.4 is 0 Å². The second-order valence-electron chi connectivity index (χ2n) is 5.93. The summed E-state index contributed by atoms with van der Waals surface area (Å²) < 4.78 is 2.37. The van der Waals surface area contributed by atoms with Gasteiger partial charge in [-0.25, -0.2) is 0 Å². The third-order valence-corrected chi connectivity index (χ3v) is 4.38. The lowest BCUT2D eigenvalue weighted by molar-refractivity contribution is 0.229. The highest BCUT2D eigenvalue weighted by Gasteiger charge is 2.20. The lowest BCUT2D eigenvalue weighted by Gasteiger charge is -2.26. The first kappa shape index (κ1) is 12.2. The smallest absolute Gasteiger partial charge is 0.134 e. The summed E-state index contributed by atoms with van der Waals surface area (Å²) in [5, 5.41) is 8.77. The maximum Gasteiger partial charge on any atom is 0.134 e. The van der Waals surface area contributed by atoms with Gasteiger partial charge in [-0.15, -0.1) is 10.2 Å². The normalized spacial score (nSPS) is 25.1. The van der Waals surface area contributed by atoms with Gasteiger partial charge >= 0.3 is 0 Å². The van der Waals surface area contributed by atoms with E-state index in [2.05, 4.69) is 26.6 Å². The minimum Gasteiger partial charge on any atom is -0.315 e. The molecule has 0 aliphatic carbocycles. The van der Waals surface area contributed by atoms with E-state index in [0.29, 0.717) is 0 Å². The number of hydrogen-bond acceptors (Lipinski definition) is 3. The molecular formula is C14H24N4. The highest BCUT2D eigenvalue weighted by atomic mass is 15.3. The van der Waals surface area contributed by atoms with Crippen LogP contribution in [0.2, 0.25) is 0 Å². The SMILES string of the molecule is CC1CCn2c(CCN3CCCCC3)nnc2C1. The number of piperidine rings is 1. The van der Waals surface area contributed by atoms with Crippen molar-refractivity contribution in [1.82, 2.24) is 19.7 Å². The zero-order valence-electron chi connectivity index (χ0n) is 11.4. The number of rotatable bonds is 3. The van der Waals surface area contributed by atoms with E-state index in [9.17, 15) is 0 Å².